The molecular formula is C20H28O4. The van der Waals surface area contributed by atoms with E-state index in [0.717, 1.165) is 6.42 Å². The van der Waals surface area contributed by atoms with E-state index in [9.17, 15) is 20.1 Å². The van der Waals surface area contributed by atoms with Crippen molar-refractivity contribution in [2.24, 2.45) is 34.5 Å². The van der Waals surface area contributed by atoms with E-state index in [1.807, 2.05) is 13.0 Å². The summed E-state index contributed by atoms with van der Waals surface area (Å²) in [4.78, 5) is 13.7. The molecule has 2 saturated carbocycles. The fourth-order valence-electron chi connectivity index (χ4n) is 6.41. The van der Waals surface area contributed by atoms with Crippen LogP contribution in [0.4, 0.5) is 0 Å². The number of ketones is 1. The summed E-state index contributed by atoms with van der Waals surface area (Å²) in [7, 11) is 0. The Bertz CT molecular complexity index is 690. The van der Waals surface area contributed by atoms with Crippen molar-refractivity contribution in [2.75, 3.05) is 0 Å². The van der Waals surface area contributed by atoms with Crippen LogP contribution in [0.25, 0.3) is 0 Å². The van der Waals surface area contributed by atoms with Gasteiger partial charge in [-0.3, -0.25) is 4.79 Å². The van der Waals surface area contributed by atoms with Crippen molar-refractivity contribution >= 4 is 5.78 Å². The van der Waals surface area contributed by atoms with Crippen molar-refractivity contribution in [3.8, 4) is 0 Å². The van der Waals surface area contributed by atoms with Crippen molar-refractivity contribution in [3.05, 3.63) is 23.3 Å². The van der Waals surface area contributed by atoms with Crippen molar-refractivity contribution in [1.82, 2.24) is 0 Å². The number of aliphatic hydroxyl groups excluding tert-OH is 2. The number of rotatable bonds is 0. The molecular weight excluding hydrogens is 304 g/mol. The van der Waals surface area contributed by atoms with Gasteiger partial charge in [-0.25, -0.2) is 0 Å². The molecule has 1 spiro atoms. The largest absolute Gasteiger partial charge is 0.386 e. The highest BCUT2D eigenvalue weighted by Crippen LogP contribution is 2.71. The quantitative estimate of drug-likeness (QED) is 0.592. The molecule has 4 aliphatic carbocycles. The SMILES string of the molecule is CC1=C[C@@H]2C(=O)[C@]3(C=C(C)[C@H](O)[C@]3(O)[C@@H]1O)[C@H](C)C[C@@H]1[C@H]2C1(C)C. The standard InChI is InChI=1S/C20H28O4/c1-9-6-12-14-13(18(14,4)5)7-11(3)19(17(12)23)8-10(2)16(22)20(19,24)15(9)21/h6,8,11-16,21-22,24H,7H2,1-5H3/t11-,12+,13-,14+,15-,16+,19+,20-/m1/s1. The van der Waals surface area contributed by atoms with Crippen LogP contribution >= 0.6 is 0 Å². The van der Waals surface area contributed by atoms with Gasteiger partial charge in [-0.2, -0.15) is 0 Å². The summed E-state index contributed by atoms with van der Waals surface area (Å²) in [5, 5.41) is 33.2. The Kier molecular flexibility index (Phi) is 3.03. The molecule has 2 bridgehead atoms. The van der Waals surface area contributed by atoms with Gasteiger partial charge in [0, 0.05) is 5.92 Å². The lowest BCUT2D eigenvalue weighted by molar-refractivity contribution is -0.189. The maximum Gasteiger partial charge on any atom is 0.153 e. The van der Waals surface area contributed by atoms with Crippen molar-refractivity contribution in [1.29, 1.82) is 0 Å². The summed E-state index contributed by atoms with van der Waals surface area (Å²) in [6.07, 6.45) is 2.01. The van der Waals surface area contributed by atoms with Crippen LogP contribution in [0.3, 0.4) is 0 Å². The van der Waals surface area contributed by atoms with E-state index in [2.05, 4.69) is 13.8 Å². The summed E-state index contributed by atoms with van der Waals surface area (Å²) < 4.78 is 0. The Morgan fingerprint density at radius 2 is 1.71 bits per heavy atom. The van der Waals surface area contributed by atoms with E-state index in [0.29, 0.717) is 17.1 Å². The van der Waals surface area contributed by atoms with Gasteiger partial charge in [-0.1, -0.05) is 32.9 Å². The van der Waals surface area contributed by atoms with Gasteiger partial charge in [0.05, 0.1) is 5.41 Å². The first kappa shape index (κ1) is 16.5. The van der Waals surface area contributed by atoms with Crippen LogP contribution in [0, 0.1) is 34.5 Å². The van der Waals surface area contributed by atoms with Crippen molar-refractivity contribution < 1.29 is 20.1 Å². The Morgan fingerprint density at radius 1 is 1.12 bits per heavy atom. The summed E-state index contributed by atoms with van der Waals surface area (Å²) in [6.45, 7) is 9.91. The molecule has 0 aliphatic heterocycles. The second-order valence-electron chi connectivity index (χ2n) is 9.28. The van der Waals surface area contributed by atoms with Crippen LogP contribution < -0.4 is 0 Å². The zero-order valence-electron chi connectivity index (χ0n) is 15.1. The first-order valence-electron chi connectivity index (χ1n) is 9.01. The van der Waals surface area contributed by atoms with Crippen LogP contribution in [0.5, 0.6) is 0 Å². The predicted molar refractivity (Wildman–Crippen MR) is 89.9 cm³/mol. The van der Waals surface area contributed by atoms with E-state index in [1.165, 1.54) is 0 Å². The highest BCUT2D eigenvalue weighted by Gasteiger charge is 2.75. The number of hydrogen-bond donors (Lipinski definition) is 3. The zero-order valence-corrected chi connectivity index (χ0v) is 15.1. The Balaban J connectivity index is 1.99. The number of carbonyl (C=O) groups excluding carboxylic acids is 1. The van der Waals surface area contributed by atoms with Gasteiger partial charge in [0.15, 0.2) is 5.78 Å². The Morgan fingerprint density at radius 3 is 2.33 bits per heavy atom. The molecule has 0 unspecified atom stereocenters. The van der Waals surface area contributed by atoms with Crippen LogP contribution in [0.15, 0.2) is 23.3 Å². The Hall–Kier alpha value is -0.970. The molecule has 132 valence electrons. The molecule has 4 heteroatoms. The minimum Gasteiger partial charge on any atom is -0.386 e. The predicted octanol–water partition coefficient (Wildman–Crippen LogP) is 1.84. The van der Waals surface area contributed by atoms with Crippen LogP contribution in [-0.4, -0.2) is 38.9 Å². The number of fused-ring (bicyclic) bond motifs is 3. The first-order valence-corrected chi connectivity index (χ1v) is 9.01. The molecule has 4 rings (SSSR count). The average molecular weight is 332 g/mol. The van der Waals surface area contributed by atoms with E-state index in [4.69, 9.17) is 0 Å². The smallest absolute Gasteiger partial charge is 0.153 e. The van der Waals surface area contributed by atoms with Crippen LogP contribution in [0.2, 0.25) is 0 Å². The molecule has 3 N–H and O–H groups in total. The number of aliphatic hydroxyl groups is 3. The third-order valence-electron chi connectivity index (χ3n) is 7.88. The molecule has 2 fully saturated rings. The molecule has 0 amide bonds. The topological polar surface area (TPSA) is 77.8 Å². The van der Waals surface area contributed by atoms with Crippen molar-refractivity contribution in [2.45, 2.75) is 58.8 Å². The lowest BCUT2D eigenvalue weighted by atomic mass is 9.59. The van der Waals surface area contributed by atoms with E-state index in [1.54, 1.807) is 19.9 Å². The summed E-state index contributed by atoms with van der Waals surface area (Å²) >= 11 is 0. The third-order valence-corrected chi connectivity index (χ3v) is 7.88. The number of hydrogen-bond acceptors (Lipinski definition) is 4. The minimum atomic E-state index is -1.87. The maximum atomic E-state index is 13.7. The molecule has 0 saturated heterocycles. The molecule has 0 aromatic heterocycles. The minimum absolute atomic E-state index is 0.0256. The third kappa shape index (κ3) is 1.50. The molecule has 4 nitrogen and oxygen atoms in total. The second-order valence-corrected chi connectivity index (χ2v) is 9.28. The number of carbonyl (C=O) groups is 1. The number of Topliss-reactive ketones (excluding diaryl/α,β-unsaturated/α-hetero) is 1. The fraction of sp³-hybridized carbons (Fsp3) is 0.750. The summed E-state index contributed by atoms with van der Waals surface area (Å²) in [6, 6.07) is 0. The summed E-state index contributed by atoms with van der Waals surface area (Å²) in [5.41, 5.74) is -1.80. The van der Waals surface area contributed by atoms with Gasteiger partial charge >= 0.3 is 0 Å². The van der Waals surface area contributed by atoms with Gasteiger partial charge in [-0.05, 0) is 54.6 Å². The molecule has 4 aliphatic rings. The molecule has 0 aromatic carbocycles. The van der Waals surface area contributed by atoms with E-state index < -0.39 is 23.2 Å². The van der Waals surface area contributed by atoms with Crippen molar-refractivity contribution in [3.63, 3.8) is 0 Å². The molecule has 0 heterocycles. The van der Waals surface area contributed by atoms with Gasteiger partial charge < -0.3 is 15.3 Å². The average Bonchev–Trinajstić information content (AvgIpc) is 3.01. The molecule has 24 heavy (non-hydrogen) atoms. The van der Waals surface area contributed by atoms with Gasteiger partial charge in [0.1, 0.15) is 17.8 Å². The number of allylic oxidation sites excluding steroid dienone is 1. The van der Waals surface area contributed by atoms with E-state index in [-0.39, 0.29) is 29.0 Å². The van der Waals surface area contributed by atoms with Gasteiger partial charge in [0.2, 0.25) is 0 Å². The molecule has 0 aromatic rings. The van der Waals surface area contributed by atoms with Crippen LogP contribution in [0.1, 0.15) is 41.0 Å². The Labute approximate surface area is 143 Å². The van der Waals surface area contributed by atoms with E-state index >= 15 is 0 Å². The monoisotopic (exact) mass is 332 g/mol. The lowest BCUT2D eigenvalue weighted by Gasteiger charge is -2.48. The second kappa shape index (κ2) is 4.40. The van der Waals surface area contributed by atoms with Gasteiger partial charge in [-0.15, -0.1) is 0 Å². The first-order chi connectivity index (χ1) is 11.0. The normalized spacial score (nSPS) is 54.9. The lowest BCUT2D eigenvalue weighted by Crippen LogP contribution is -2.64. The summed E-state index contributed by atoms with van der Waals surface area (Å²) in [5.74, 6) is 0.240. The zero-order chi connectivity index (χ0) is 17.8. The van der Waals surface area contributed by atoms with Gasteiger partial charge in [0.25, 0.3) is 0 Å². The maximum absolute atomic E-state index is 13.7. The highest BCUT2D eigenvalue weighted by molar-refractivity contribution is 5.95. The molecule has 0 radical (unpaired) electrons. The van der Waals surface area contributed by atoms with Crippen LogP contribution in [-0.2, 0) is 4.79 Å². The fourth-order valence-corrected chi connectivity index (χ4v) is 6.41. The highest BCUT2D eigenvalue weighted by atomic mass is 16.4. The molecule has 8 atom stereocenters.